The summed E-state index contributed by atoms with van der Waals surface area (Å²) >= 11 is 0. The second-order valence-electron chi connectivity index (χ2n) is 8.04. The summed E-state index contributed by atoms with van der Waals surface area (Å²) in [5.74, 6) is 1.51. The van der Waals surface area contributed by atoms with Crippen LogP contribution in [0.25, 0.3) is 11.0 Å². The van der Waals surface area contributed by atoms with Crippen LogP contribution < -0.4 is 11.1 Å². The Morgan fingerprint density at radius 1 is 1.25 bits per heavy atom. The smallest absolute Gasteiger partial charge is 0.222 e. The molecule has 168 valence electrons. The van der Waals surface area contributed by atoms with Crippen LogP contribution >= 0.6 is 0 Å². The SMILES string of the molecule is CCCC[C@@H](CO)Nc1nc(N)nc2ccn(Cc3cc(Cc4nn[nH]n4)ccc3C)c12. The molecule has 0 saturated heterocycles. The van der Waals surface area contributed by atoms with E-state index < -0.39 is 0 Å². The lowest BCUT2D eigenvalue weighted by Gasteiger charge is -2.19. The molecule has 32 heavy (non-hydrogen) atoms. The number of aliphatic hydroxyl groups excluding tert-OH is 1. The Bertz CT molecular complexity index is 1170. The second-order valence-corrected chi connectivity index (χ2v) is 8.04. The molecule has 3 aromatic heterocycles. The third-order valence-corrected chi connectivity index (χ3v) is 5.60. The standard InChI is InChI=1S/C22H29N9O/c1-3-4-5-17(13-32)24-21-20-18(25-22(23)26-21)8-9-31(20)12-16-10-15(7-6-14(16)2)11-19-27-29-30-28-19/h6-10,17,32H,3-5,11-13H2,1-2H3,(H3,23,24,25,26)(H,27,28,29,30)/t17-/m0/s1. The van der Waals surface area contributed by atoms with E-state index in [-0.39, 0.29) is 18.6 Å². The van der Waals surface area contributed by atoms with Crippen molar-refractivity contribution in [2.24, 2.45) is 0 Å². The van der Waals surface area contributed by atoms with Crippen molar-refractivity contribution >= 4 is 22.8 Å². The predicted molar refractivity (Wildman–Crippen MR) is 123 cm³/mol. The highest BCUT2D eigenvalue weighted by atomic mass is 16.3. The first kappa shape index (κ1) is 21.7. The summed E-state index contributed by atoms with van der Waals surface area (Å²) in [7, 11) is 0. The molecular formula is C22H29N9O. The van der Waals surface area contributed by atoms with Gasteiger partial charge in [-0.2, -0.15) is 10.2 Å². The zero-order valence-corrected chi connectivity index (χ0v) is 18.4. The molecule has 0 radical (unpaired) electrons. The molecule has 10 nitrogen and oxygen atoms in total. The van der Waals surface area contributed by atoms with Crippen molar-refractivity contribution in [2.75, 3.05) is 17.7 Å². The number of aromatic nitrogens is 7. The molecular weight excluding hydrogens is 406 g/mol. The van der Waals surface area contributed by atoms with E-state index in [0.29, 0.717) is 24.6 Å². The molecule has 0 aliphatic carbocycles. The van der Waals surface area contributed by atoms with Gasteiger partial charge in [-0.3, -0.25) is 0 Å². The highest BCUT2D eigenvalue weighted by Crippen LogP contribution is 2.26. The van der Waals surface area contributed by atoms with Gasteiger partial charge in [-0.15, -0.1) is 10.2 Å². The number of unbranched alkanes of at least 4 members (excludes halogenated alkanes) is 1. The third kappa shape index (κ3) is 4.86. The van der Waals surface area contributed by atoms with E-state index in [1.807, 2.05) is 12.3 Å². The third-order valence-electron chi connectivity index (χ3n) is 5.60. The average molecular weight is 436 g/mol. The monoisotopic (exact) mass is 435 g/mol. The quantitative estimate of drug-likeness (QED) is 0.297. The maximum Gasteiger partial charge on any atom is 0.222 e. The lowest BCUT2D eigenvalue weighted by Crippen LogP contribution is -2.25. The summed E-state index contributed by atoms with van der Waals surface area (Å²) in [6, 6.07) is 8.21. The van der Waals surface area contributed by atoms with Crippen LogP contribution in [0, 0.1) is 6.92 Å². The van der Waals surface area contributed by atoms with Crippen LogP contribution in [-0.4, -0.2) is 52.9 Å². The number of nitrogens with one attached hydrogen (secondary N) is 2. The minimum Gasteiger partial charge on any atom is -0.394 e. The molecule has 0 bridgehead atoms. The Labute approximate surface area is 186 Å². The van der Waals surface area contributed by atoms with Crippen molar-refractivity contribution in [1.29, 1.82) is 0 Å². The molecule has 0 unspecified atom stereocenters. The first-order chi connectivity index (χ1) is 15.6. The van der Waals surface area contributed by atoms with E-state index in [1.165, 1.54) is 11.1 Å². The Morgan fingerprint density at radius 3 is 2.88 bits per heavy atom. The number of rotatable bonds is 10. The number of hydrogen-bond donors (Lipinski definition) is 4. The molecule has 0 aliphatic heterocycles. The summed E-state index contributed by atoms with van der Waals surface area (Å²) in [5.41, 5.74) is 11.1. The first-order valence-corrected chi connectivity index (χ1v) is 10.9. The molecule has 1 atom stereocenters. The van der Waals surface area contributed by atoms with Gasteiger partial charge in [-0.1, -0.05) is 43.2 Å². The van der Waals surface area contributed by atoms with Gasteiger partial charge in [0.1, 0.15) is 5.52 Å². The summed E-state index contributed by atoms with van der Waals surface area (Å²) in [6.07, 6.45) is 5.55. The zero-order valence-electron chi connectivity index (χ0n) is 18.4. The minimum absolute atomic E-state index is 0.0311. The van der Waals surface area contributed by atoms with Gasteiger partial charge in [0.05, 0.1) is 18.2 Å². The van der Waals surface area contributed by atoms with E-state index in [1.54, 1.807) is 0 Å². The normalized spacial score (nSPS) is 12.3. The maximum absolute atomic E-state index is 9.82. The van der Waals surface area contributed by atoms with Gasteiger partial charge < -0.3 is 20.7 Å². The summed E-state index contributed by atoms with van der Waals surface area (Å²) in [6.45, 7) is 4.91. The number of tetrazole rings is 1. The van der Waals surface area contributed by atoms with Gasteiger partial charge in [-0.05, 0) is 36.1 Å². The number of aryl methyl sites for hydroxylation is 1. The Kier molecular flexibility index (Phi) is 6.60. The van der Waals surface area contributed by atoms with Gasteiger partial charge in [0.15, 0.2) is 11.6 Å². The van der Waals surface area contributed by atoms with Crippen LogP contribution in [0.2, 0.25) is 0 Å². The number of nitrogens with zero attached hydrogens (tertiary/aromatic N) is 6. The topological polar surface area (TPSA) is 143 Å². The molecule has 1 aromatic carbocycles. The summed E-state index contributed by atoms with van der Waals surface area (Å²) in [5, 5.41) is 27.4. The number of aromatic amines is 1. The van der Waals surface area contributed by atoms with Gasteiger partial charge in [0, 0.05) is 19.2 Å². The first-order valence-electron chi connectivity index (χ1n) is 10.9. The van der Waals surface area contributed by atoms with E-state index in [2.05, 4.69) is 72.5 Å². The average Bonchev–Trinajstić information content (AvgIpc) is 3.43. The number of anilines is 2. The van der Waals surface area contributed by atoms with Crippen LogP contribution in [-0.2, 0) is 13.0 Å². The molecule has 0 aliphatic rings. The van der Waals surface area contributed by atoms with Crippen LogP contribution in [0.15, 0.2) is 30.5 Å². The molecule has 0 saturated carbocycles. The number of nitrogen functional groups attached to an aromatic ring is 1. The van der Waals surface area contributed by atoms with E-state index >= 15 is 0 Å². The van der Waals surface area contributed by atoms with Crippen molar-refractivity contribution < 1.29 is 5.11 Å². The highest BCUT2D eigenvalue weighted by Gasteiger charge is 2.16. The molecule has 4 rings (SSSR count). The fourth-order valence-electron chi connectivity index (χ4n) is 3.84. The summed E-state index contributed by atoms with van der Waals surface area (Å²) < 4.78 is 2.12. The van der Waals surface area contributed by atoms with Crippen LogP contribution in [0.4, 0.5) is 11.8 Å². The predicted octanol–water partition coefficient (Wildman–Crippen LogP) is 2.44. The minimum atomic E-state index is -0.0872. The van der Waals surface area contributed by atoms with Crippen molar-refractivity contribution in [3.05, 3.63) is 53.0 Å². The molecule has 4 aromatic rings. The maximum atomic E-state index is 9.82. The molecule has 0 amide bonds. The lowest BCUT2D eigenvalue weighted by atomic mass is 10.0. The van der Waals surface area contributed by atoms with E-state index in [0.717, 1.165) is 35.9 Å². The molecule has 3 heterocycles. The van der Waals surface area contributed by atoms with Crippen LogP contribution in [0.5, 0.6) is 0 Å². The number of H-pyrrole nitrogens is 1. The van der Waals surface area contributed by atoms with Gasteiger partial charge in [0.25, 0.3) is 0 Å². The van der Waals surface area contributed by atoms with E-state index in [4.69, 9.17) is 5.73 Å². The second kappa shape index (κ2) is 9.73. The Balaban J connectivity index is 1.65. The highest BCUT2D eigenvalue weighted by molar-refractivity contribution is 5.87. The molecule has 5 N–H and O–H groups in total. The number of aliphatic hydroxyl groups is 1. The largest absolute Gasteiger partial charge is 0.394 e. The number of benzene rings is 1. The Morgan fingerprint density at radius 2 is 2.12 bits per heavy atom. The summed E-state index contributed by atoms with van der Waals surface area (Å²) in [4.78, 5) is 8.86. The fourth-order valence-corrected chi connectivity index (χ4v) is 3.84. The molecule has 0 spiro atoms. The number of fused-ring (bicyclic) bond motifs is 1. The number of hydrogen-bond acceptors (Lipinski definition) is 8. The number of nitrogens with two attached hydrogens (primary N) is 1. The lowest BCUT2D eigenvalue weighted by molar-refractivity contribution is 0.267. The van der Waals surface area contributed by atoms with Crippen molar-refractivity contribution in [2.45, 2.75) is 52.1 Å². The molecule has 0 fully saturated rings. The van der Waals surface area contributed by atoms with Crippen molar-refractivity contribution in [3.8, 4) is 0 Å². The molecule has 10 heteroatoms. The van der Waals surface area contributed by atoms with Gasteiger partial charge in [0.2, 0.25) is 5.95 Å². The van der Waals surface area contributed by atoms with Crippen LogP contribution in [0.1, 0.15) is 48.7 Å². The van der Waals surface area contributed by atoms with E-state index in [9.17, 15) is 5.11 Å². The van der Waals surface area contributed by atoms with Crippen LogP contribution in [0.3, 0.4) is 0 Å². The van der Waals surface area contributed by atoms with Gasteiger partial charge in [-0.25, -0.2) is 4.98 Å². The fraction of sp³-hybridized carbons (Fsp3) is 0.409. The Hall–Kier alpha value is -3.53. The van der Waals surface area contributed by atoms with Crippen molar-refractivity contribution in [3.63, 3.8) is 0 Å². The van der Waals surface area contributed by atoms with Gasteiger partial charge >= 0.3 is 0 Å². The zero-order chi connectivity index (χ0) is 22.5. The van der Waals surface area contributed by atoms with Crippen molar-refractivity contribution in [1.82, 2.24) is 35.2 Å².